The van der Waals surface area contributed by atoms with E-state index >= 15 is 0 Å². The van der Waals surface area contributed by atoms with Crippen LogP contribution in [0.1, 0.15) is 21.9 Å². The van der Waals surface area contributed by atoms with Crippen LogP contribution in [0, 0.1) is 0 Å². The number of carbonyl (C=O) groups excluding carboxylic acids is 1. The van der Waals surface area contributed by atoms with Crippen LogP contribution in [0.4, 0.5) is 0 Å². The summed E-state index contributed by atoms with van der Waals surface area (Å²) >= 11 is 0. The largest absolute Gasteiger partial charge is 0.472 e. The zero-order valence-corrected chi connectivity index (χ0v) is 9.83. The molecule has 2 rings (SSSR count). The van der Waals surface area contributed by atoms with Crippen molar-refractivity contribution in [1.82, 2.24) is 5.32 Å². The fourth-order valence-corrected chi connectivity index (χ4v) is 1.33. The molecule has 2 aromatic rings. The van der Waals surface area contributed by atoms with Crippen LogP contribution < -0.4 is 11.1 Å². The first-order chi connectivity index (χ1) is 7.75. The number of halogens is 1. The standard InChI is InChI=1S/C11H12N2O3.ClH/c12-11(14)10-2-1-9(16-10)6-13-5-8-3-4-15-7-8;/h1-4,7,13H,5-6H2,(H2,12,14);1H. The quantitative estimate of drug-likeness (QED) is 0.853. The maximum Gasteiger partial charge on any atom is 0.284 e. The van der Waals surface area contributed by atoms with Gasteiger partial charge in [-0.3, -0.25) is 4.79 Å². The van der Waals surface area contributed by atoms with Gasteiger partial charge in [0.2, 0.25) is 0 Å². The van der Waals surface area contributed by atoms with Crippen LogP contribution >= 0.6 is 12.4 Å². The molecule has 0 atom stereocenters. The molecule has 92 valence electrons. The van der Waals surface area contributed by atoms with Crippen LogP contribution in [-0.2, 0) is 13.1 Å². The Bertz CT molecular complexity index is 465. The van der Waals surface area contributed by atoms with Crippen molar-refractivity contribution in [1.29, 1.82) is 0 Å². The van der Waals surface area contributed by atoms with E-state index in [2.05, 4.69) is 5.32 Å². The molecule has 5 nitrogen and oxygen atoms in total. The maximum atomic E-state index is 10.8. The Morgan fingerprint density at radius 2 is 2.12 bits per heavy atom. The Hall–Kier alpha value is -1.72. The summed E-state index contributed by atoms with van der Waals surface area (Å²) in [5, 5.41) is 3.15. The fraction of sp³-hybridized carbons (Fsp3) is 0.182. The Balaban J connectivity index is 0.00000144. The molecule has 0 fully saturated rings. The van der Waals surface area contributed by atoms with Crippen LogP contribution in [0.5, 0.6) is 0 Å². The second-order valence-corrected chi connectivity index (χ2v) is 3.37. The van der Waals surface area contributed by atoms with Gasteiger partial charge in [0, 0.05) is 12.1 Å². The molecule has 3 N–H and O–H groups in total. The number of rotatable bonds is 5. The van der Waals surface area contributed by atoms with Gasteiger partial charge < -0.3 is 19.9 Å². The summed E-state index contributed by atoms with van der Waals surface area (Å²) in [5.74, 6) is 0.304. The predicted octanol–water partition coefficient (Wildman–Crippen LogP) is 1.68. The highest BCUT2D eigenvalue weighted by atomic mass is 35.5. The molecule has 2 aromatic heterocycles. The lowest BCUT2D eigenvalue weighted by atomic mass is 10.3. The molecule has 0 unspecified atom stereocenters. The zero-order valence-electron chi connectivity index (χ0n) is 9.01. The molecule has 0 spiro atoms. The van der Waals surface area contributed by atoms with Crippen LogP contribution in [0.3, 0.4) is 0 Å². The van der Waals surface area contributed by atoms with Gasteiger partial charge in [-0.1, -0.05) is 0 Å². The number of hydrogen-bond donors (Lipinski definition) is 2. The van der Waals surface area contributed by atoms with Gasteiger partial charge in [-0.15, -0.1) is 12.4 Å². The van der Waals surface area contributed by atoms with Crippen molar-refractivity contribution in [3.05, 3.63) is 47.8 Å². The average molecular weight is 257 g/mol. The average Bonchev–Trinajstić information content (AvgIpc) is 2.87. The van der Waals surface area contributed by atoms with Gasteiger partial charge in [0.15, 0.2) is 5.76 Å². The minimum absolute atomic E-state index is 0. The Kier molecular flexibility index (Phi) is 4.81. The van der Waals surface area contributed by atoms with Crippen molar-refractivity contribution in [2.45, 2.75) is 13.1 Å². The van der Waals surface area contributed by atoms with Crippen LogP contribution in [0.25, 0.3) is 0 Å². The molecule has 1 amide bonds. The number of nitrogens with one attached hydrogen (secondary N) is 1. The molecule has 6 heteroatoms. The van der Waals surface area contributed by atoms with E-state index in [0.717, 1.165) is 5.56 Å². The molecule has 17 heavy (non-hydrogen) atoms. The molecule has 0 saturated carbocycles. The summed E-state index contributed by atoms with van der Waals surface area (Å²) < 4.78 is 10.1. The molecular formula is C11H13ClN2O3. The van der Waals surface area contributed by atoms with E-state index in [9.17, 15) is 4.79 Å². The van der Waals surface area contributed by atoms with E-state index in [-0.39, 0.29) is 18.2 Å². The first kappa shape index (κ1) is 13.3. The molecule has 0 aliphatic heterocycles. The van der Waals surface area contributed by atoms with Crippen molar-refractivity contribution < 1.29 is 13.6 Å². The number of carbonyl (C=O) groups is 1. The van der Waals surface area contributed by atoms with Gasteiger partial charge in [-0.25, -0.2) is 0 Å². The first-order valence-corrected chi connectivity index (χ1v) is 4.86. The van der Waals surface area contributed by atoms with Gasteiger partial charge in [-0.2, -0.15) is 0 Å². The summed E-state index contributed by atoms with van der Waals surface area (Å²) in [7, 11) is 0. The van der Waals surface area contributed by atoms with Crippen molar-refractivity contribution in [3.63, 3.8) is 0 Å². The van der Waals surface area contributed by atoms with Crippen molar-refractivity contribution in [3.8, 4) is 0 Å². The van der Waals surface area contributed by atoms with Crippen LogP contribution in [0.2, 0.25) is 0 Å². The normalized spacial score (nSPS) is 9.88. The topological polar surface area (TPSA) is 81.4 Å². The lowest BCUT2D eigenvalue weighted by molar-refractivity contribution is 0.0972. The molecule has 0 aliphatic rings. The molecule has 0 saturated heterocycles. The van der Waals surface area contributed by atoms with E-state index in [0.29, 0.717) is 18.8 Å². The fourth-order valence-electron chi connectivity index (χ4n) is 1.33. The molecule has 0 aromatic carbocycles. The third kappa shape index (κ3) is 3.65. The molecular weight excluding hydrogens is 244 g/mol. The van der Waals surface area contributed by atoms with E-state index < -0.39 is 5.91 Å². The Labute approximate surface area is 104 Å². The van der Waals surface area contributed by atoms with E-state index in [1.54, 1.807) is 24.7 Å². The van der Waals surface area contributed by atoms with E-state index in [1.807, 2.05) is 6.07 Å². The number of furan rings is 2. The third-order valence-corrected chi connectivity index (χ3v) is 2.11. The summed E-state index contributed by atoms with van der Waals surface area (Å²) in [6.45, 7) is 1.22. The van der Waals surface area contributed by atoms with Gasteiger partial charge in [-0.05, 0) is 18.2 Å². The van der Waals surface area contributed by atoms with Gasteiger partial charge in [0.05, 0.1) is 19.1 Å². The zero-order chi connectivity index (χ0) is 11.4. The molecule has 0 radical (unpaired) electrons. The minimum Gasteiger partial charge on any atom is -0.472 e. The predicted molar refractivity (Wildman–Crippen MR) is 63.7 cm³/mol. The lowest BCUT2D eigenvalue weighted by Gasteiger charge is -1.99. The van der Waals surface area contributed by atoms with Gasteiger partial charge >= 0.3 is 0 Å². The lowest BCUT2D eigenvalue weighted by Crippen LogP contribution is -2.12. The summed E-state index contributed by atoms with van der Waals surface area (Å²) in [5.41, 5.74) is 6.12. The smallest absolute Gasteiger partial charge is 0.284 e. The Morgan fingerprint density at radius 1 is 1.29 bits per heavy atom. The second kappa shape index (κ2) is 6.12. The number of primary amides is 1. The van der Waals surface area contributed by atoms with Gasteiger partial charge in [0.1, 0.15) is 5.76 Å². The highest BCUT2D eigenvalue weighted by molar-refractivity contribution is 5.89. The van der Waals surface area contributed by atoms with Crippen molar-refractivity contribution in [2.75, 3.05) is 0 Å². The molecule has 0 aliphatic carbocycles. The maximum absolute atomic E-state index is 10.8. The SMILES string of the molecule is Cl.NC(=O)c1ccc(CNCc2ccoc2)o1. The van der Waals surface area contributed by atoms with Gasteiger partial charge in [0.25, 0.3) is 5.91 Å². The Morgan fingerprint density at radius 3 is 2.71 bits per heavy atom. The minimum atomic E-state index is -0.555. The number of amides is 1. The van der Waals surface area contributed by atoms with Crippen molar-refractivity contribution >= 4 is 18.3 Å². The second-order valence-electron chi connectivity index (χ2n) is 3.37. The highest BCUT2D eigenvalue weighted by Crippen LogP contribution is 2.07. The molecule has 2 heterocycles. The summed E-state index contributed by atoms with van der Waals surface area (Å²) in [4.78, 5) is 10.8. The van der Waals surface area contributed by atoms with Crippen molar-refractivity contribution in [2.24, 2.45) is 5.73 Å². The highest BCUT2D eigenvalue weighted by Gasteiger charge is 2.06. The number of nitrogens with two attached hydrogens (primary N) is 1. The third-order valence-electron chi connectivity index (χ3n) is 2.11. The van der Waals surface area contributed by atoms with Crippen LogP contribution in [0.15, 0.2) is 39.6 Å². The van der Waals surface area contributed by atoms with E-state index in [4.69, 9.17) is 14.6 Å². The molecule has 0 bridgehead atoms. The first-order valence-electron chi connectivity index (χ1n) is 4.86. The number of hydrogen-bond acceptors (Lipinski definition) is 4. The van der Waals surface area contributed by atoms with E-state index in [1.165, 1.54) is 0 Å². The summed E-state index contributed by atoms with van der Waals surface area (Å²) in [6, 6.07) is 5.17. The monoisotopic (exact) mass is 256 g/mol. The summed E-state index contributed by atoms with van der Waals surface area (Å²) in [6.07, 6.45) is 3.29. The van der Waals surface area contributed by atoms with Crippen LogP contribution in [-0.4, -0.2) is 5.91 Å².